The van der Waals surface area contributed by atoms with E-state index in [1.165, 1.54) is 22.2 Å². The fourth-order valence-corrected chi connectivity index (χ4v) is 4.54. The number of fused-ring (bicyclic) bond motifs is 2. The van der Waals surface area contributed by atoms with Gasteiger partial charge in [0.2, 0.25) is 0 Å². The second kappa shape index (κ2) is 11.1. The summed E-state index contributed by atoms with van der Waals surface area (Å²) < 4.78 is 17.4. The van der Waals surface area contributed by atoms with Crippen molar-refractivity contribution in [3.8, 4) is 11.5 Å². The van der Waals surface area contributed by atoms with Crippen LogP contribution < -0.4 is 14.4 Å². The first-order chi connectivity index (χ1) is 16.9. The van der Waals surface area contributed by atoms with Crippen LogP contribution in [-0.2, 0) is 16.0 Å². The van der Waals surface area contributed by atoms with Gasteiger partial charge in [0, 0.05) is 31.6 Å². The number of hydrogen-bond donors (Lipinski definition) is 2. The Morgan fingerprint density at radius 1 is 0.943 bits per heavy atom. The molecule has 186 valence electrons. The summed E-state index contributed by atoms with van der Waals surface area (Å²) in [5.74, 6) is -1.86. The summed E-state index contributed by atoms with van der Waals surface area (Å²) in [7, 11) is 0. The molecular weight excluding hydrogens is 452 g/mol. The normalized spacial score (nSPS) is 15.4. The van der Waals surface area contributed by atoms with E-state index in [0.29, 0.717) is 13.2 Å². The average Bonchev–Trinajstić information content (AvgIpc) is 3.29. The van der Waals surface area contributed by atoms with E-state index in [2.05, 4.69) is 47.1 Å². The van der Waals surface area contributed by atoms with Crippen molar-refractivity contribution < 1.29 is 33.7 Å². The topological polar surface area (TPSA) is 113 Å². The maximum Gasteiger partial charge on any atom is 0.414 e. The quantitative estimate of drug-likeness (QED) is 0.528. The highest BCUT2D eigenvalue weighted by atomic mass is 16.6. The Morgan fingerprint density at radius 2 is 1.66 bits per heavy atom. The summed E-state index contributed by atoms with van der Waals surface area (Å²) in [4.78, 5) is 23.2. The van der Waals surface area contributed by atoms with E-state index < -0.39 is 11.9 Å². The van der Waals surface area contributed by atoms with Crippen molar-refractivity contribution in [1.82, 2.24) is 4.90 Å². The predicted molar refractivity (Wildman–Crippen MR) is 131 cm³/mol. The molecule has 0 bridgehead atoms. The Kier molecular flexibility index (Phi) is 7.77. The number of furan rings is 1. The molecule has 2 aliphatic heterocycles. The SMILES string of the molecule is Cc1cccc2occ(CCCN3CCN(c4cccc5c4OCCO5)CC3)c12.O=C(O)C(=O)O. The van der Waals surface area contributed by atoms with Crippen molar-refractivity contribution in [3.05, 3.63) is 53.8 Å². The number of nitrogens with zero attached hydrogens (tertiary/aromatic N) is 2. The fraction of sp³-hybridized carbons (Fsp3) is 0.385. The van der Waals surface area contributed by atoms with Gasteiger partial charge in [0.05, 0.1) is 12.0 Å². The van der Waals surface area contributed by atoms with Gasteiger partial charge in [-0.15, -0.1) is 0 Å². The second-order valence-electron chi connectivity index (χ2n) is 8.55. The first kappa shape index (κ1) is 24.4. The maximum absolute atomic E-state index is 9.10. The zero-order valence-electron chi connectivity index (χ0n) is 19.7. The molecule has 2 aliphatic rings. The number of benzene rings is 2. The lowest BCUT2D eigenvalue weighted by molar-refractivity contribution is -0.159. The molecule has 5 rings (SSSR count). The lowest BCUT2D eigenvalue weighted by Crippen LogP contribution is -2.46. The molecule has 0 radical (unpaired) electrons. The van der Waals surface area contributed by atoms with Crippen molar-refractivity contribution in [2.24, 2.45) is 0 Å². The Balaban J connectivity index is 0.000000431. The third-order valence-corrected chi connectivity index (χ3v) is 6.25. The number of carboxylic acids is 2. The molecule has 0 saturated carbocycles. The van der Waals surface area contributed by atoms with Crippen molar-refractivity contribution in [2.75, 3.05) is 50.8 Å². The van der Waals surface area contributed by atoms with Crippen LogP contribution in [0.25, 0.3) is 11.0 Å². The van der Waals surface area contributed by atoms with Crippen LogP contribution >= 0.6 is 0 Å². The average molecular weight is 483 g/mol. The summed E-state index contributed by atoms with van der Waals surface area (Å²) in [5.41, 5.74) is 4.82. The number of aliphatic carboxylic acids is 2. The van der Waals surface area contributed by atoms with E-state index in [-0.39, 0.29) is 0 Å². The van der Waals surface area contributed by atoms with Crippen molar-refractivity contribution in [3.63, 3.8) is 0 Å². The molecule has 2 N–H and O–H groups in total. The molecule has 0 atom stereocenters. The zero-order chi connectivity index (χ0) is 24.8. The molecule has 0 aliphatic carbocycles. The monoisotopic (exact) mass is 482 g/mol. The van der Waals surface area contributed by atoms with E-state index in [9.17, 15) is 0 Å². The van der Waals surface area contributed by atoms with E-state index in [1.54, 1.807) is 0 Å². The Bertz CT molecular complexity index is 1170. The number of ether oxygens (including phenoxy) is 2. The van der Waals surface area contributed by atoms with Crippen molar-refractivity contribution in [2.45, 2.75) is 19.8 Å². The van der Waals surface area contributed by atoms with Gasteiger partial charge in [0.1, 0.15) is 18.8 Å². The van der Waals surface area contributed by atoms with Gasteiger partial charge in [0.25, 0.3) is 0 Å². The van der Waals surface area contributed by atoms with Crippen LogP contribution in [-0.4, -0.2) is 73.0 Å². The predicted octanol–water partition coefficient (Wildman–Crippen LogP) is 3.42. The first-order valence-electron chi connectivity index (χ1n) is 11.7. The minimum absolute atomic E-state index is 0.631. The number of piperazine rings is 1. The van der Waals surface area contributed by atoms with E-state index in [0.717, 1.165) is 62.6 Å². The number of hydrogen-bond acceptors (Lipinski definition) is 7. The fourth-order valence-electron chi connectivity index (χ4n) is 4.54. The summed E-state index contributed by atoms with van der Waals surface area (Å²) in [5, 5.41) is 16.1. The summed E-state index contributed by atoms with van der Waals surface area (Å²) in [6.45, 7) is 8.75. The van der Waals surface area contributed by atoms with Crippen LogP contribution in [0.2, 0.25) is 0 Å². The number of carboxylic acid groups (broad SMARTS) is 2. The van der Waals surface area contributed by atoms with Gasteiger partial charge in [0.15, 0.2) is 11.5 Å². The molecule has 0 unspecified atom stereocenters. The largest absolute Gasteiger partial charge is 0.486 e. The Hall–Kier alpha value is -3.72. The van der Waals surface area contributed by atoms with Gasteiger partial charge >= 0.3 is 11.9 Å². The molecule has 1 fully saturated rings. The van der Waals surface area contributed by atoms with Crippen LogP contribution in [0.4, 0.5) is 5.69 Å². The molecule has 2 aromatic carbocycles. The van der Waals surface area contributed by atoms with Crippen molar-refractivity contribution in [1.29, 1.82) is 0 Å². The molecule has 3 aromatic rings. The number of anilines is 1. The van der Waals surface area contributed by atoms with Gasteiger partial charge in [-0.3, -0.25) is 4.90 Å². The van der Waals surface area contributed by atoms with Gasteiger partial charge < -0.3 is 29.0 Å². The third-order valence-electron chi connectivity index (χ3n) is 6.25. The molecule has 0 spiro atoms. The number of carbonyl (C=O) groups is 2. The summed E-state index contributed by atoms with van der Waals surface area (Å²) in [6.07, 6.45) is 4.16. The molecule has 9 heteroatoms. The number of rotatable bonds is 5. The van der Waals surface area contributed by atoms with Gasteiger partial charge in [-0.05, 0) is 55.6 Å². The van der Waals surface area contributed by atoms with Crippen LogP contribution in [0.3, 0.4) is 0 Å². The van der Waals surface area contributed by atoms with Crippen LogP contribution in [0.5, 0.6) is 11.5 Å². The molecule has 1 saturated heterocycles. The molecule has 9 nitrogen and oxygen atoms in total. The standard InChI is InChI=1S/C24H28N2O3.C2H2O4/c1-18-5-2-8-21-23(18)19(17-29-21)6-4-10-25-11-13-26(14-12-25)20-7-3-9-22-24(20)28-16-15-27-22;3-1(4)2(5)6/h2-3,5,7-9,17H,4,6,10-16H2,1H3;(H,3,4)(H,5,6). The maximum atomic E-state index is 9.10. The minimum Gasteiger partial charge on any atom is -0.486 e. The zero-order valence-corrected chi connectivity index (χ0v) is 19.7. The lowest BCUT2D eigenvalue weighted by Gasteiger charge is -2.37. The van der Waals surface area contributed by atoms with Gasteiger partial charge in [-0.2, -0.15) is 0 Å². The highest BCUT2D eigenvalue weighted by Crippen LogP contribution is 2.39. The number of para-hydroxylation sites is 1. The van der Waals surface area contributed by atoms with E-state index >= 15 is 0 Å². The summed E-state index contributed by atoms with van der Waals surface area (Å²) in [6, 6.07) is 12.5. The first-order valence-corrected chi connectivity index (χ1v) is 11.7. The van der Waals surface area contributed by atoms with E-state index in [1.807, 2.05) is 12.3 Å². The second-order valence-corrected chi connectivity index (χ2v) is 8.55. The molecular formula is C26H30N2O7. The molecule has 0 amide bonds. The number of aryl methyl sites for hydroxylation is 2. The molecule has 3 heterocycles. The minimum atomic E-state index is -1.82. The Labute approximate surface area is 203 Å². The third kappa shape index (κ3) is 5.86. The van der Waals surface area contributed by atoms with Gasteiger partial charge in [-0.25, -0.2) is 9.59 Å². The molecule has 35 heavy (non-hydrogen) atoms. The molecule has 1 aromatic heterocycles. The van der Waals surface area contributed by atoms with Crippen molar-refractivity contribution >= 4 is 28.6 Å². The lowest BCUT2D eigenvalue weighted by atomic mass is 10.0. The smallest absolute Gasteiger partial charge is 0.414 e. The highest BCUT2D eigenvalue weighted by molar-refractivity contribution is 6.27. The summed E-state index contributed by atoms with van der Waals surface area (Å²) >= 11 is 0. The van der Waals surface area contributed by atoms with Gasteiger partial charge in [-0.1, -0.05) is 18.2 Å². The Morgan fingerprint density at radius 3 is 2.40 bits per heavy atom. The van der Waals surface area contributed by atoms with E-state index in [4.69, 9.17) is 33.7 Å². The highest BCUT2D eigenvalue weighted by Gasteiger charge is 2.23. The van der Waals surface area contributed by atoms with Crippen LogP contribution in [0.15, 0.2) is 47.1 Å². The van der Waals surface area contributed by atoms with Crippen LogP contribution in [0.1, 0.15) is 17.5 Å². The van der Waals surface area contributed by atoms with Crippen LogP contribution in [0, 0.1) is 6.92 Å².